The molecule has 1 N–H and O–H groups in total. The Morgan fingerprint density at radius 2 is 1.67 bits per heavy atom. The Kier molecular flexibility index (Phi) is 7.30. The molecule has 166 valence electrons. The molecule has 3 rings (SSSR count). The molecule has 7 heteroatoms. The minimum absolute atomic E-state index is 0.120. The van der Waals surface area contributed by atoms with Gasteiger partial charge in [0.25, 0.3) is 0 Å². The summed E-state index contributed by atoms with van der Waals surface area (Å²) in [5.41, 5.74) is 0.159. The number of carbonyl (C=O) groups is 2. The number of halogens is 1. The smallest absolute Gasteiger partial charge is 0.410 e. The molecule has 6 nitrogen and oxygen atoms in total. The van der Waals surface area contributed by atoms with E-state index in [1.54, 1.807) is 4.90 Å². The Bertz CT molecular complexity index is 731. The van der Waals surface area contributed by atoms with E-state index in [2.05, 4.69) is 10.2 Å². The standard InChI is InChI=1S/C23H34ClN3O3/c1-22(2,3)30-21(29)27-16-14-26(15-17-27)13-12-25-20(28)23(10-4-5-11-23)18-6-8-19(24)9-7-18/h6-9H,4-5,10-17H2,1-3H3,(H,25,28). The summed E-state index contributed by atoms with van der Waals surface area (Å²) in [6, 6.07) is 7.72. The van der Waals surface area contributed by atoms with Crippen LogP contribution >= 0.6 is 11.6 Å². The third-order valence-corrected chi connectivity index (χ3v) is 6.28. The lowest BCUT2D eigenvalue weighted by atomic mass is 9.78. The molecule has 1 aliphatic heterocycles. The maximum atomic E-state index is 13.1. The van der Waals surface area contributed by atoms with Crippen molar-refractivity contribution in [3.63, 3.8) is 0 Å². The zero-order valence-electron chi connectivity index (χ0n) is 18.4. The molecule has 1 saturated carbocycles. The summed E-state index contributed by atoms with van der Waals surface area (Å²) >= 11 is 6.04. The van der Waals surface area contributed by atoms with Gasteiger partial charge in [0.2, 0.25) is 5.91 Å². The molecule has 30 heavy (non-hydrogen) atoms. The highest BCUT2D eigenvalue weighted by atomic mass is 35.5. The molecule has 2 aliphatic rings. The van der Waals surface area contributed by atoms with Crippen LogP contribution in [0.5, 0.6) is 0 Å². The van der Waals surface area contributed by atoms with E-state index in [1.165, 1.54) is 0 Å². The molecule has 0 atom stereocenters. The van der Waals surface area contributed by atoms with Gasteiger partial charge in [-0.2, -0.15) is 0 Å². The van der Waals surface area contributed by atoms with Gasteiger partial charge in [0, 0.05) is 44.3 Å². The van der Waals surface area contributed by atoms with Gasteiger partial charge in [-0.25, -0.2) is 4.79 Å². The zero-order valence-corrected chi connectivity index (χ0v) is 19.1. The lowest BCUT2D eigenvalue weighted by Gasteiger charge is -2.36. The van der Waals surface area contributed by atoms with Gasteiger partial charge in [-0.05, 0) is 51.3 Å². The van der Waals surface area contributed by atoms with E-state index >= 15 is 0 Å². The summed E-state index contributed by atoms with van der Waals surface area (Å²) in [5, 5.41) is 3.86. The van der Waals surface area contributed by atoms with Crippen molar-refractivity contribution in [2.45, 2.75) is 57.5 Å². The van der Waals surface area contributed by atoms with Crippen molar-refractivity contribution < 1.29 is 14.3 Å². The highest BCUT2D eigenvalue weighted by Crippen LogP contribution is 2.41. The summed E-state index contributed by atoms with van der Waals surface area (Å²) in [6.07, 6.45) is 3.66. The summed E-state index contributed by atoms with van der Waals surface area (Å²) in [5.74, 6) is 0.120. The van der Waals surface area contributed by atoms with Crippen LogP contribution in [0, 0.1) is 0 Å². The van der Waals surface area contributed by atoms with Gasteiger partial charge in [0.05, 0.1) is 5.41 Å². The monoisotopic (exact) mass is 435 g/mol. The fourth-order valence-electron chi connectivity index (χ4n) is 4.37. The maximum absolute atomic E-state index is 13.1. The van der Waals surface area contributed by atoms with Crippen molar-refractivity contribution in [1.29, 1.82) is 0 Å². The van der Waals surface area contributed by atoms with E-state index in [4.69, 9.17) is 16.3 Å². The average molecular weight is 436 g/mol. The Hall–Kier alpha value is -1.79. The predicted molar refractivity (Wildman–Crippen MR) is 119 cm³/mol. The molecule has 0 aromatic heterocycles. The van der Waals surface area contributed by atoms with Gasteiger partial charge in [-0.15, -0.1) is 0 Å². The Labute approximate surface area is 184 Å². The van der Waals surface area contributed by atoms with Gasteiger partial charge in [-0.3, -0.25) is 9.69 Å². The van der Waals surface area contributed by atoms with Crippen LogP contribution in [0.2, 0.25) is 5.02 Å². The Morgan fingerprint density at radius 3 is 2.23 bits per heavy atom. The Morgan fingerprint density at radius 1 is 1.07 bits per heavy atom. The van der Waals surface area contributed by atoms with E-state index < -0.39 is 11.0 Å². The fourth-order valence-corrected chi connectivity index (χ4v) is 4.50. The van der Waals surface area contributed by atoms with Crippen LogP contribution in [-0.4, -0.2) is 66.7 Å². The summed E-state index contributed by atoms with van der Waals surface area (Å²) < 4.78 is 5.45. The molecule has 1 heterocycles. The zero-order chi connectivity index (χ0) is 21.8. The highest BCUT2D eigenvalue weighted by Gasteiger charge is 2.42. The van der Waals surface area contributed by atoms with Crippen LogP contribution in [0.25, 0.3) is 0 Å². The van der Waals surface area contributed by atoms with Crippen LogP contribution in [-0.2, 0) is 14.9 Å². The molecule has 1 aromatic rings. The molecule has 1 saturated heterocycles. The molecule has 0 unspecified atom stereocenters. The normalized spacial score (nSPS) is 19.5. The van der Waals surface area contributed by atoms with E-state index in [9.17, 15) is 9.59 Å². The van der Waals surface area contributed by atoms with Crippen molar-refractivity contribution in [1.82, 2.24) is 15.1 Å². The maximum Gasteiger partial charge on any atom is 0.410 e. The minimum Gasteiger partial charge on any atom is -0.444 e. The van der Waals surface area contributed by atoms with Crippen LogP contribution in [0.3, 0.4) is 0 Å². The van der Waals surface area contributed by atoms with Crippen LogP contribution in [0.15, 0.2) is 24.3 Å². The van der Waals surface area contributed by atoms with Crippen molar-refractivity contribution in [3.8, 4) is 0 Å². The van der Waals surface area contributed by atoms with Gasteiger partial charge < -0.3 is 15.0 Å². The minimum atomic E-state index is -0.473. The lowest BCUT2D eigenvalue weighted by Crippen LogP contribution is -2.52. The third kappa shape index (κ3) is 5.67. The molecule has 2 amide bonds. The molecule has 1 aromatic carbocycles. The van der Waals surface area contributed by atoms with Crippen LogP contribution in [0.1, 0.15) is 52.0 Å². The number of rotatable bonds is 5. The van der Waals surface area contributed by atoms with E-state index in [1.807, 2.05) is 45.0 Å². The van der Waals surface area contributed by atoms with Crippen molar-refractivity contribution in [2.75, 3.05) is 39.3 Å². The van der Waals surface area contributed by atoms with E-state index in [0.717, 1.165) is 50.9 Å². The number of piperazine rings is 1. The van der Waals surface area contributed by atoms with Crippen molar-refractivity contribution in [2.24, 2.45) is 0 Å². The largest absolute Gasteiger partial charge is 0.444 e. The number of carbonyl (C=O) groups excluding carboxylic acids is 2. The quantitative estimate of drug-likeness (QED) is 0.763. The van der Waals surface area contributed by atoms with E-state index in [-0.39, 0.29) is 12.0 Å². The van der Waals surface area contributed by atoms with Crippen LogP contribution in [0.4, 0.5) is 4.79 Å². The molecular weight excluding hydrogens is 402 g/mol. The fraction of sp³-hybridized carbons (Fsp3) is 0.652. The first-order chi connectivity index (χ1) is 14.2. The first kappa shape index (κ1) is 22.9. The topological polar surface area (TPSA) is 61.9 Å². The molecular formula is C23H34ClN3O3. The van der Waals surface area contributed by atoms with Crippen molar-refractivity contribution in [3.05, 3.63) is 34.9 Å². The summed E-state index contributed by atoms with van der Waals surface area (Å²) in [4.78, 5) is 29.4. The highest BCUT2D eigenvalue weighted by molar-refractivity contribution is 6.30. The molecule has 0 bridgehead atoms. The number of amides is 2. The van der Waals surface area contributed by atoms with Gasteiger partial charge in [-0.1, -0.05) is 36.6 Å². The second kappa shape index (κ2) is 9.56. The van der Waals surface area contributed by atoms with Gasteiger partial charge in [0.1, 0.15) is 5.60 Å². The predicted octanol–water partition coefficient (Wildman–Crippen LogP) is 3.82. The average Bonchev–Trinajstić information content (AvgIpc) is 3.19. The van der Waals surface area contributed by atoms with Crippen molar-refractivity contribution >= 4 is 23.6 Å². The second-order valence-corrected chi connectivity index (χ2v) is 9.80. The number of nitrogens with one attached hydrogen (secondary N) is 1. The van der Waals surface area contributed by atoms with Gasteiger partial charge >= 0.3 is 6.09 Å². The number of hydrogen-bond acceptors (Lipinski definition) is 4. The first-order valence-corrected chi connectivity index (χ1v) is 11.3. The first-order valence-electron chi connectivity index (χ1n) is 10.9. The Balaban J connectivity index is 1.46. The van der Waals surface area contributed by atoms with E-state index in [0.29, 0.717) is 24.7 Å². The third-order valence-electron chi connectivity index (χ3n) is 6.03. The van der Waals surface area contributed by atoms with Gasteiger partial charge in [0.15, 0.2) is 0 Å². The number of nitrogens with zero attached hydrogens (tertiary/aromatic N) is 2. The molecule has 2 fully saturated rings. The van der Waals surface area contributed by atoms with Crippen LogP contribution < -0.4 is 5.32 Å². The number of hydrogen-bond donors (Lipinski definition) is 1. The second-order valence-electron chi connectivity index (χ2n) is 9.36. The number of benzene rings is 1. The number of ether oxygens (including phenoxy) is 1. The molecule has 1 aliphatic carbocycles. The lowest BCUT2D eigenvalue weighted by molar-refractivity contribution is -0.126. The SMILES string of the molecule is CC(C)(C)OC(=O)N1CCN(CCNC(=O)C2(c3ccc(Cl)cc3)CCCC2)CC1. The molecule has 0 spiro atoms. The molecule has 0 radical (unpaired) electrons. The summed E-state index contributed by atoms with van der Waals surface area (Å²) in [7, 11) is 0. The summed E-state index contributed by atoms with van der Waals surface area (Å²) in [6.45, 7) is 9.91.